The van der Waals surface area contributed by atoms with Crippen LogP contribution in [-0.2, 0) is 0 Å². The second-order valence-corrected chi connectivity index (χ2v) is 2.41. The van der Waals surface area contributed by atoms with Crippen molar-refractivity contribution in [3.8, 4) is 0 Å². The maximum Gasteiger partial charge on any atom is 0.160 e. The Morgan fingerprint density at radius 3 is 3.00 bits per heavy atom. The van der Waals surface area contributed by atoms with E-state index in [4.69, 9.17) is 11.6 Å². The van der Waals surface area contributed by atoms with E-state index in [1.165, 1.54) is 6.33 Å². The van der Waals surface area contributed by atoms with E-state index in [9.17, 15) is 0 Å². The average molecular weight is 185 g/mol. The summed E-state index contributed by atoms with van der Waals surface area (Å²) in [6, 6.07) is 0. The van der Waals surface area contributed by atoms with E-state index in [0.717, 1.165) is 6.54 Å². The molecule has 0 amide bonds. The highest BCUT2D eigenvalue weighted by atomic mass is 35.5. The Bertz CT molecular complexity index is 287. The Morgan fingerprint density at radius 2 is 2.42 bits per heavy atom. The molecule has 1 rings (SSSR count). The van der Waals surface area contributed by atoms with Crippen LogP contribution < -0.4 is 5.32 Å². The summed E-state index contributed by atoms with van der Waals surface area (Å²) in [5.41, 5.74) is 0.501. The summed E-state index contributed by atoms with van der Waals surface area (Å²) >= 11 is 5.74. The van der Waals surface area contributed by atoms with Gasteiger partial charge in [-0.25, -0.2) is 9.97 Å². The number of halogens is 1. The molecule has 0 saturated heterocycles. The van der Waals surface area contributed by atoms with Gasteiger partial charge in [0.25, 0.3) is 0 Å². The lowest BCUT2D eigenvalue weighted by Crippen LogP contribution is -1.99. The third-order valence-electron chi connectivity index (χ3n) is 1.28. The van der Waals surface area contributed by atoms with Gasteiger partial charge in [0.15, 0.2) is 11.0 Å². The van der Waals surface area contributed by atoms with E-state index < -0.39 is 0 Å². The van der Waals surface area contributed by atoms with Gasteiger partial charge in [-0.2, -0.15) is 0 Å². The van der Waals surface area contributed by atoms with Crippen LogP contribution in [0.15, 0.2) is 11.3 Å². The van der Waals surface area contributed by atoms with Gasteiger partial charge in [0.1, 0.15) is 12.0 Å². The summed E-state index contributed by atoms with van der Waals surface area (Å²) in [6.45, 7) is 6.10. The fourth-order valence-electron chi connectivity index (χ4n) is 0.794. The quantitative estimate of drug-likeness (QED) is 0.577. The first-order chi connectivity index (χ1) is 5.79. The van der Waals surface area contributed by atoms with Crippen molar-refractivity contribution in [2.45, 2.75) is 6.92 Å². The minimum absolute atomic E-state index is 0.316. The number of aliphatic imine (C=N–C) groups is 1. The standard InChI is InChI=1S/C7H9ClN4/c1-3-10-7-5(9-2)6(8)11-4-12-7/h4H,2-3H2,1H3,(H,10,11,12). The van der Waals surface area contributed by atoms with Crippen LogP contribution in [0.5, 0.6) is 0 Å². The summed E-state index contributed by atoms with van der Waals surface area (Å²) in [4.78, 5) is 11.5. The van der Waals surface area contributed by atoms with Gasteiger partial charge in [-0.15, -0.1) is 0 Å². The summed E-state index contributed by atoms with van der Waals surface area (Å²) in [5, 5.41) is 3.31. The molecule has 4 nitrogen and oxygen atoms in total. The van der Waals surface area contributed by atoms with Crippen molar-refractivity contribution < 1.29 is 0 Å². The third kappa shape index (κ3) is 1.71. The number of hydrogen-bond acceptors (Lipinski definition) is 4. The predicted octanol–water partition coefficient (Wildman–Crippen LogP) is 1.89. The molecule has 0 aromatic carbocycles. The molecule has 1 N–H and O–H groups in total. The predicted molar refractivity (Wildman–Crippen MR) is 50.4 cm³/mol. The normalized spacial score (nSPS) is 9.50. The molecule has 0 saturated carbocycles. The van der Waals surface area contributed by atoms with Crippen molar-refractivity contribution in [3.63, 3.8) is 0 Å². The van der Waals surface area contributed by atoms with Crippen LogP contribution in [0.4, 0.5) is 11.5 Å². The van der Waals surface area contributed by atoms with Crippen LogP contribution in [0, 0.1) is 0 Å². The average Bonchev–Trinajstić information content (AvgIpc) is 2.05. The zero-order chi connectivity index (χ0) is 8.97. The second kappa shape index (κ2) is 4.01. The summed E-state index contributed by atoms with van der Waals surface area (Å²) in [6.07, 6.45) is 1.38. The largest absolute Gasteiger partial charge is 0.368 e. The van der Waals surface area contributed by atoms with Gasteiger partial charge in [-0.3, -0.25) is 4.99 Å². The summed E-state index contributed by atoms with van der Waals surface area (Å²) < 4.78 is 0. The van der Waals surface area contributed by atoms with Crippen molar-refractivity contribution in [3.05, 3.63) is 11.5 Å². The summed E-state index contributed by atoms with van der Waals surface area (Å²) in [7, 11) is 0. The number of nitrogens with zero attached hydrogens (tertiary/aromatic N) is 3. The van der Waals surface area contributed by atoms with Crippen LogP contribution >= 0.6 is 11.6 Å². The highest BCUT2D eigenvalue weighted by molar-refractivity contribution is 6.32. The van der Waals surface area contributed by atoms with Crippen LogP contribution in [0.3, 0.4) is 0 Å². The van der Waals surface area contributed by atoms with Crippen molar-refractivity contribution in [2.24, 2.45) is 4.99 Å². The molecule has 0 aliphatic heterocycles. The Balaban J connectivity index is 3.09. The first-order valence-corrected chi connectivity index (χ1v) is 3.88. The van der Waals surface area contributed by atoms with Crippen molar-refractivity contribution in [2.75, 3.05) is 11.9 Å². The molecule has 64 valence electrons. The number of aromatic nitrogens is 2. The maximum atomic E-state index is 5.74. The Labute approximate surface area is 75.7 Å². The molecule has 0 bridgehead atoms. The van der Waals surface area contributed by atoms with Gasteiger partial charge < -0.3 is 5.32 Å². The molecule has 0 aliphatic rings. The van der Waals surface area contributed by atoms with E-state index in [2.05, 4.69) is 27.0 Å². The number of rotatable bonds is 3. The molecule has 0 radical (unpaired) electrons. The Morgan fingerprint density at radius 1 is 1.67 bits per heavy atom. The lowest BCUT2D eigenvalue weighted by Gasteiger charge is -2.04. The minimum Gasteiger partial charge on any atom is -0.368 e. The molecule has 1 aromatic rings. The highest BCUT2D eigenvalue weighted by Gasteiger charge is 2.05. The van der Waals surface area contributed by atoms with Crippen LogP contribution in [0.25, 0.3) is 0 Å². The fourth-order valence-corrected chi connectivity index (χ4v) is 0.987. The van der Waals surface area contributed by atoms with E-state index in [0.29, 0.717) is 16.7 Å². The number of hydrogen-bond donors (Lipinski definition) is 1. The molecular weight excluding hydrogens is 176 g/mol. The van der Waals surface area contributed by atoms with Crippen LogP contribution in [-0.4, -0.2) is 23.2 Å². The molecule has 0 spiro atoms. The number of nitrogens with one attached hydrogen (secondary N) is 1. The fraction of sp³-hybridized carbons (Fsp3) is 0.286. The first kappa shape index (κ1) is 8.93. The molecular formula is C7H9ClN4. The minimum atomic E-state index is 0.316. The highest BCUT2D eigenvalue weighted by Crippen LogP contribution is 2.28. The summed E-state index contributed by atoms with van der Waals surface area (Å²) in [5.74, 6) is 0.618. The van der Waals surface area contributed by atoms with Crippen LogP contribution in [0.1, 0.15) is 6.92 Å². The molecule has 0 fully saturated rings. The first-order valence-electron chi connectivity index (χ1n) is 3.50. The molecule has 0 atom stereocenters. The SMILES string of the molecule is C=Nc1c(Cl)ncnc1NCC. The second-order valence-electron chi connectivity index (χ2n) is 2.05. The van der Waals surface area contributed by atoms with Crippen molar-refractivity contribution in [1.82, 2.24) is 9.97 Å². The molecule has 1 aromatic heterocycles. The van der Waals surface area contributed by atoms with E-state index >= 15 is 0 Å². The molecule has 5 heteroatoms. The molecule has 1 heterocycles. The zero-order valence-corrected chi connectivity index (χ0v) is 7.47. The zero-order valence-electron chi connectivity index (χ0n) is 6.71. The van der Waals surface area contributed by atoms with E-state index in [1.807, 2.05) is 6.92 Å². The Hall–Kier alpha value is -1.16. The van der Waals surface area contributed by atoms with E-state index in [1.54, 1.807) is 0 Å². The van der Waals surface area contributed by atoms with Gasteiger partial charge >= 0.3 is 0 Å². The van der Waals surface area contributed by atoms with Gasteiger partial charge in [-0.1, -0.05) is 11.6 Å². The van der Waals surface area contributed by atoms with E-state index in [-0.39, 0.29) is 0 Å². The van der Waals surface area contributed by atoms with Crippen molar-refractivity contribution >= 4 is 29.8 Å². The Kier molecular flexibility index (Phi) is 2.99. The topological polar surface area (TPSA) is 50.2 Å². The molecule has 0 unspecified atom stereocenters. The van der Waals surface area contributed by atoms with Gasteiger partial charge in [-0.05, 0) is 13.6 Å². The van der Waals surface area contributed by atoms with Gasteiger partial charge in [0.2, 0.25) is 0 Å². The molecule has 0 aliphatic carbocycles. The molecule has 12 heavy (non-hydrogen) atoms. The number of anilines is 1. The smallest absolute Gasteiger partial charge is 0.160 e. The lowest BCUT2D eigenvalue weighted by atomic mass is 10.5. The van der Waals surface area contributed by atoms with Crippen LogP contribution in [0.2, 0.25) is 5.15 Å². The third-order valence-corrected chi connectivity index (χ3v) is 1.56. The van der Waals surface area contributed by atoms with Gasteiger partial charge in [0, 0.05) is 6.54 Å². The maximum absolute atomic E-state index is 5.74. The lowest BCUT2D eigenvalue weighted by molar-refractivity contribution is 1.11. The van der Waals surface area contributed by atoms with Gasteiger partial charge in [0.05, 0.1) is 0 Å². The van der Waals surface area contributed by atoms with Crippen molar-refractivity contribution in [1.29, 1.82) is 0 Å². The monoisotopic (exact) mass is 184 g/mol.